The lowest BCUT2D eigenvalue weighted by Gasteiger charge is -2.28. The van der Waals surface area contributed by atoms with Crippen molar-refractivity contribution in [2.24, 2.45) is 0 Å². The maximum atomic E-state index is 12.5. The van der Waals surface area contributed by atoms with E-state index >= 15 is 0 Å². The highest BCUT2D eigenvalue weighted by Gasteiger charge is 2.24. The van der Waals surface area contributed by atoms with Gasteiger partial charge in [0.2, 0.25) is 0 Å². The average molecular weight is 697 g/mol. The maximum absolute atomic E-state index is 12.5. The summed E-state index contributed by atoms with van der Waals surface area (Å²) in [5.41, 5.74) is 1.22. The predicted molar refractivity (Wildman–Crippen MR) is 178 cm³/mol. The number of esters is 2. The Morgan fingerprint density at radius 1 is 0.729 bits per heavy atom. The van der Waals surface area contributed by atoms with Gasteiger partial charge in [-0.3, -0.25) is 20.2 Å². The molecule has 0 spiro atoms. The van der Waals surface area contributed by atoms with E-state index in [-0.39, 0.29) is 0 Å². The topological polar surface area (TPSA) is 193 Å². The number of amides is 2. The number of thiazole rings is 2. The van der Waals surface area contributed by atoms with E-state index < -0.39 is 37.0 Å². The molecule has 4 aromatic rings. The fourth-order valence-corrected chi connectivity index (χ4v) is 6.94. The lowest BCUT2D eigenvalue weighted by Crippen LogP contribution is -2.43. The van der Waals surface area contributed by atoms with Crippen molar-refractivity contribution in [3.63, 3.8) is 0 Å². The van der Waals surface area contributed by atoms with Crippen LogP contribution in [0.3, 0.4) is 0 Å². The Labute approximate surface area is 282 Å². The number of piperazine rings is 2. The highest BCUT2D eigenvalue weighted by molar-refractivity contribution is 7.20. The molecule has 2 amide bonds. The van der Waals surface area contributed by atoms with Gasteiger partial charge in [-0.25, -0.2) is 19.6 Å². The van der Waals surface area contributed by atoms with Gasteiger partial charge in [-0.05, 0) is 24.3 Å². The molecule has 16 nitrogen and oxygen atoms in total. The molecule has 0 aromatic carbocycles. The average Bonchev–Trinajstić information content (AvgIpc) is 3.93. The van der Waals surface area contributed by atoms with E-state index in [4.69, 9.17) is 18.3 Å². The van der Waals surface area contributed by atoms with E-state index in [9.17, 15) is 19.2 Å². The van der Waals surface area contributed by atoms with Crippen LogP contribution in [0, 0.1) is 0 Å². The van der Waals surface area contributed by atoms with Gasteiger partial charge in [-0.1, -0.05) is 22.7 Å². The minimum absolute atomic E-state index is 0.323. The molecule has 0 saturated carbocycles. The van der Waals surface area contributed by atoms with Gasteiger partial charge in [0.15, 0.2) is 35.0 Å². The first-order chi connectivity index (χ1) is 23.4. The molecule has 0 bridgehead atoms. The molecule has 4 N–H and O–H groups in total. The van der Waals surface area contributed by atoms with Gasteiger partial charge in [0.25, 0.3) is 11.8 Å². The van der Waals surface area contributed by atoms with Crippen LogP contribution in [0.15, 0.2) is 57.8 Å². The van der Waals surface area contributed by atoms with Gasteiger partial charge < -0.3 is 38.7 Å². The summed E-state index contributed by atoms with van der Waals surface area (Å²) in [5, 5.41) is 14.2. The fraction of sp³-hybridized carbons (Fsp3) is 0.333. The van der Waals surface area contributed by atoms with Crippen LogP contribution >= 0.6 is 22.7 Å². The largest absolute Gasteiger partial charge is 0.463 e. The minimum Gasteiger partial charge on any atom is -0.463 e. The van der Waals surface area contributed by atoms with Crippen molar-refractivity contribution >= 4 is 66.7 Å². The Hall–Kier alpha value is -5.04. The standard InChI is InChI=1S/C30H32N8O8S2/c39-21(33-29-35-25(19-3-1-15-43-19)27(47-29)37-11-7-31-8-12-37)17-45-23(41)5-6-24(42)46-18-22(40)34-30-36-26(20-4-2-16-44-20)28(48-30)38-13-9-32-10-14-38/h1-6,15-16,31-32H,7-14,17-18H2,(H,33,35,39)(H,34,36,40)/b6-5+. The lowest BCUT2D eigenvalue weighted by atomic mass is 10.3. The third kappa shape index (κ3) is 8.45. The summed E-state index contributed by atoms with van der Waals surface area (Å²) in [6.45, 7) is 5.16. The molecule has 6 heterocycles. The number of hydrogen-bond donors (Lipinski definition) is 4. The van der Waals surface area contributed by atoms with E-state index in [2.05, 4.69) is 41.0 Å². The van der Waals surface area contributed by atoms with Crippen molar-refractivity contribution in [1.82, 2.24) is 20.6 Å². The Morgan fingerprint density at radius 3 is 1.52 bits per heavy atom. The summed E-state index contributed by atoms with van der Waals surface area (Å²) < 4.78 is 21.0. The molecule has 6 rings (SSSR count). The molecule has 2 saturated heterocycles. The van der Waals surface area contributed by atoms with Gasteiger partial charge in [-0.15, -0.1) is 0 Å². The third-order valence-corrected chi connectivity index (χ3v) is 9.14. The summed E-state index contributed by atoms with van der Waals surface area (Å²) in [6.07, 6.45) is 4.73. The highest BCUT2D eigenvalue weighted by atomic mass is 32.1. The first kappa shape index (κ1) is 32.9. The molecule has 48 heavy (non-hydrogen) atoms. The number of ether oxygens (including phenoxy) is 2. The second-order valence-electron chi connectivity index (χ2n) is 10.4. The number of hydrogen-bond acceptors (Lipinski definition) is 16. The maximum Gasteiger partial charge on any atom is 0.331 e. The Kier molecular flexibility index (Phi) is 10.8. The number of rotatable bonds is 12. The lowest BCUT2D eigenvalue weighted by molar-refractivity contribution is -0.144. The second-order valence-corrected chi connectivity index (χ2v) is 12.4. The predicted octanol–water partition coefficient (Wildman–Crippen LogP) is 2.16. The van der Waals surface area contributed by atoms with Gasteiger partial charge in [0, 0.05) is 64.5 Å². The van der Waals surface area contributed by atoms with Crippen LogP contribution in [0.5, 0.6) is 0 Å². The molecule has 252 valence electrons. The Balaban J connectivity index is 0.953. The third-order valence-electron chi connectivity index (χ3n) is 7.08. The van der Waals surface area contributed by atoms with Crippen LogP contribution < -0.4 is 31.1 Å². The van der Waals surface area contributed by atoms with E-state index in [0.29, 0.717) is 33.2 Å². The van der Waals surface area contributed by atoms with Gasteiger partial charge in [0.05, 0.1) is 12.5 Å². The van der Waals surface area contributed by atoms with Crippen molar-refractivity contribution in [3.05, 3.63) is 48.9 Å². The Bertz CT molecular complexity index is 1610. The monoisotopic (exact) mass is 696 g/mol. The molecule has 0 atom stereocenters. The van der Waals surface area contributed by atoms with E-state index in [1.807, 2.05) is 0 Å². The van der Waals surface area contributed by atoms with Crippen molar-refractivity contribution in [3.8, 4) is 22.9 Å². The number of anilines is 4. The number of carbonyl (C=O) groups is 4. The fourth-order valence-electron chi connectivity index (χ4n) is 4.86. The summed E-state index contributed by atoms with van der Waals surface area (Å²) in [7, 11) is 0. The van der Waals surface area contributed by atoms with E-state index in [1.54, 1.807) is 36.8 Å². The van der Waals surface area contributed by atoms with Crippen molar-refractivity contribution in [2.75, 3.05) is 86.0 Å². The van der Waals surface area contributed by atoms with Crippen LogP contribution in [0.2, 0.25) is 0 Å². The molecular weight excluding hydrogens is 665 g/mol. The molecule has 0 radical (unpaired) electrons. The van der Waals surface area contributed by atoms with Crippen molar-refractivity contribution in [1.29, 1.82) is 0 Å². The van der Waals surface area contributed by atoms with E-state index in [0.717, 1.165) is 74.5 Å². The zero-order chi connectivity index (χ0) is 33.3. The molecule has 0 unspecified atom stereocenters. The van der Waals surface area contributed by atoms with Crippen LogP contribution in [0.1, 0.15) is 0 Å². The molecule has 2 aliphatic heterocycles. The molecular formula is C30H32N8O8S2. The summed E-state index contributed by atoms with van der Waals surface area (Å²) >= 11 is 2.58. The smallest absolute Gasteiger partial charge is 0.331 e. The zero-order valence-electron chi connectivity index (χ0n) is 25.6. The first-order valence-electron chi connectivity index (χ1n) is 15.0. The Morgan fingerprint density at radius 2 is 1.15 bits per heavy atom. The van der Waals surface area contributed by atoms with E-state index in [1.165, 1.54) is 22.7 Å². The molecule has 0 aliphatic carbocycles. The van der Waals surface area contributed by atoms with Gasteiger partial charge in [-0.2, -0.15) is 0 Å². The number of carbonyl (C=O) groups excluding carboxylic acids is 4. The molecule has 2 aliphatic rings. The first-order valence-corrected chi connectivity index (χ1v) is 16.7. The number of furan rings is 2. The van der Waals surface area contributed by atoms with Crippen LogP contribution in [-0.2, 0) is 28.7 Å². The molecule has 2 fully saturated rings. The quantitative estimate of drug-likeness (QED) is 0.124. The minimum atomic E-state index is -0.947. The van der Waals surface area contributed by atoms with Crippen molar-refractivity contribution < 1.29 is 37.5 Å². The van der Waals surface area contributed by atoms with Crippen LogP contribution in [-0.4, -0.2) is 99.3 Å². The van der Waals surface area contributed by atoms with Crippen LogP contribution in [0.25, 0.3) is 22.9 Å². The molecule has 18 heteroatoms. The normalized spacial score (nSPS) is 15.0. The summed E-state index contributed by atoms with van der Waals surface area (Å²) in [4.78, 5) is 62.6. The highest BCUT2D eigenvalue weighted by Crippen LogP contribution is 2.40. The zero-order valence-corrected chi connectivity index (χ0v) is 27.2. The number of nitrogens with one attached hydrogen (secondary N) is 4. The summed E-state index contributed by atoms with van der Waals surface area (Å²) in [5.74, 6) is -1.97. The number of nitrogens with zero attached hydrogens (tertiary/aromatic N) is 4. The van der Waals surface area contributed by atoms with Gasteiger partial charge in [0.1, 0.15) is 21.4 Å². The van der Waals surface area contributed by atoms with Crippen molar-refractivity contribution in [2.45, 2.75) is 0 Å². The van der Waals surface area contributed by atoms with Crippen LogP contribution in [0.4, 0.5) is 20.3 Å². The van der Waals surface area contributed by atoms with Gasteiger partial charge >= 0.3 is 11.9 Å². The summed E-state index contributed by atoms with van der Waals surface area (Å²) in [6, 6.07) is 7.11. The SMILES string of the molecule is O=C(COC(=O)/C=C/C(=O)OCC(=O)Nc1nc(-c2ccco2)c(N2CCNCC2)s1)Nc1nc(-c2ccco2)c(N2CCNCC2)s1. The second kappa shape index (κ2) is 15.7. The number of aromatic nitrogens is 2. The molecule has 4 aromatic heterocycles.